The summed E-state index contributed by atoms with van der Waals surface area (Å²) in [7, 11) is 1.34. The average Bonchev–Trinajstić information content (AvgIpc) is 2.41. The van der Waals surface area contributed by atoms with Crippen LogP contribution in [0, 0.1) is 12.8 Å². The van der Waals surface area contributed by atoms with E-state index in [9.17, 15) is 9.59 Å². The number of nitrogens with one attached hydrogen (secondary N) is 1. The highest BCUT2D eigenvalue weighted by molar-refractivity contribution is 5.96. The van der Waals surface area contributed by atoms with E-state index in [1.165, 1.54) is 7.11 Å². The first-order valence-electron chi connectivity index (χ1n) is 6.53. The Morgan fingerprint density at radius 1 is 1.26 bits per heavy atom. The van der Waals surface area contributed by atoms with Crippen LogP contribution in [0.5, 0.6) is 0 Å². The standard InChI is InChI=1S/C15H21NO3/c1-5-11(6-2)14(17)16-13-9-12(15(18)19-4)8-7-10(13)3/h7-9,11H,5-6H2,1-4H3,(H,16,17). The molecule has 1 amide bonds. The van der Waals surface area contributed by atoms with Crippen LogP contribution in [0.4, 0.5) is 5.69 Å². The number of rotatable bonds is 5. The van der Waals surface area contributed by atoms with Gasteiger partial charge in [0.15, 0.2) is 0 Å². The van der Waals surface area contributed by atoms with Gasteiger partial charge in [-0.3, -0.25) is 4.79 Å². The van der Waals surface area contributed by atoms with E-state index < -0.39 is 5.97 Å². The number of esters is 1. The molecule has 0 saturated heterocycles. The summed E-state index contributed by atoms with van der Waals surface area (Å²) in [6.45, 7) is 5.88. The van der Waals surface area contributed by atoms with Crippen LogP contribution in [0.15, 0.2) is 18.2 Å². The third kappa shape index (κ3) is 3.81. The molecule has 104 valence electrons. The largest absolute Gasteiger partial charge is 0.465 e. The fraction of sp³-hybridized carbons (Fsp3) is 0.467. The second kappa shape index (κ2) is 6.92. The third-order valence-corrected chi connectivity index (χ3v) is 3.27. The van der Waals surface area contributed by atoms with Crippen molar-refractivity contribution < 1.29 is 14.3 Å². The Balaban J connectivity index is 2.94. The Kier molecular flexibility index (Phi) is 5.55. The minimum Gasteiger partial charge on any atom is -0.465 e. The second-order valence-corrected chi connectivity index (χ2v) is 4.52. The molecular formula is C15H21NO3. The van der Waals surface area contributed by atoms with Crippen molar-refractivity contribution in [1.82, 2.24) is 0 Å². The average molecular weight is 263 g/mol. The van der Waals surface area contributed by atoms with Gasteiger partial charge < -0.3 is 10.1 Å². The molecular weight excluding hydrogens is 242 g/mol. The van der Waals surface area contributed by atoms with Gasteiger partial charge in [-0.2, -0.15) is 0 Å². The lowest BCUT2D eigenvalue weighted by atomic mass is 10.0. The molecule has 19 heavy (non-hydrogen) atoms. The monoisotopic (exact) mass is 263 g/mol. The smallest absolute Gasteiger partial charge is 0.337 e. The van der Waals surface area contributed by atoms with E-state index in [2.05, 4.69) is 10.1 Å². The molecule has 0 aliphatic carbocycles. The van der Waals surface area contributed by atoms with Crippen LogP contribution in [-0.4, -0.2) is 19.0 Å². The highest BCUT2D eigenvalue weighted by Gasteiger charge is 2.16. The lowest BCUT2D eigenvalue weighted by molar-refractivity contribution is -0.120. The van der Waals surface area contributed by atoms with Crippen molar-refractivity contribution in [2.24, 2.45) is 5.92 Å². The summed E-state index contributed by atoms with van der Waals surface area (Å²) >= 11 is 0. The van der Waals surface area contributed by atoms with Crippen LogP contribution in [0.3, 0.4) is 0 Å². The van der Waals surface area contributed by atoms with Gasteiger partial charge in [0.25, 0.3) is 0 Å². The van der Waals surface area contributed by atoms with E-state index in [0.717, 1.165) is 18.4 Å². The summed E-state index contributed by atoms with van der Waals surface area (Å²) in [5.41, 5.74) is 2.03. The predicted octanol–water partition coefficient (Wildman–Crippen LogP) is 3.16. The fourth-order valence-corrected chi connectivity index (χ4v) is 1.90. The van der Waals surface area contributed by atoms with E-state index in [1.54, 1.807) is 18.2 Å². The van der Waals surface area contributed by atoms with Crippen molar-refractivity contribution in [3.05, 3.63) is 29.3 Å². The number of aryl methyl sites for hydroxylation is 1. The molecule has 1 aromatic rings. The Bertz CT molecular complexity index is 464. The normalized spacial score (nSPS) is 10.4. The van der Waals surface area contributed by atoms with Gasteiger partial charge in [0.2, 0.25) is 5.91 Å². The molecule has 0 unspecified atom stereocenters. The van der Waals surface area contributed by atoms with E-state index in [1.807, 2.05) is 20.8 Å². The quantitative estimate of drug-likeness (QED) is 0.830. The van der Waals surface area contributed by atoms with Gasteiger partial charge in [-0.1, -0.05) is 19.9 Å². The zero-order valence-electron chi connectivity index (χ0n) is 11.9. The zero-order valence-corrected chi connectivity index (χ0v) is 11.9. The van der Waals surface area contributed by atoms with Crippen LogP contribution in [0.25, 0.3) is 0 Å². The van der Waals surface area contributed by atoms with E-state index in [0.29, 0.717) is 11.3 Å². The summed E-state index contributed by atoms with van der Waals surface area (Å²) in [6.07, 6.45) is 1.61. The van der Waals surface area contributed by atoms with E-state index >= 15 is 0 Å². The highest BCUT2D eigenvalue weighted by atomic mass is 16.5. The fourth-order valence-electron chi connectivity index (χ4n) is 1.90. The Hall–Kier alpha value is -1.84. The molecule has 0 heterocycles. The van der Waals surface area contributed by atoms with Gasteiger partial charge >= 0.3 is 5.97 Å². The first-order chi connectivity index (χ1) is 9.03. The van der Waals surface area contributed by atoms with Crippen LogP contribution in [0.1, 0.15) is 42.6 Å². The van der Waals surface area contributed by atoms with Crippen LogP contribution in [0.2, 0.25) is 0 Å². The topological polar surface area (TPSA) is 55.4 Å². The molecule has 0 aromatic heterocycles. The Morgan fingerprint density at radius 2 is 1.89 bits per heavy atom. The number of carbonyl (C=O) groups is 2. The van der Waals surface area contributed by atoms with Gasteiger partial charge in [0.1, 0.15) is 0 Å². The van der Waals surface area contributed by atoms with Crippen LogP contribution in [-0.2, 0) is 9.53 Å². The lowest BCUT2D eigenvalue weighted by Gasteiger charge is -2.15. The molecule has 0 aliphatic rings. The summed E-state index contributed by atoms with van der Waals surface area (Å²) < 4.78 is 4.67. The van der Waals surface area contributed by atoms with Gasteiger partial charge in [0, 0.05) is 11.6 Å². The maximum Gasteiger partial charge on any atom is 0.337 e. The van der Waals surface area contributed by atoms with Crippen molar-refractivity contribution in [2.45, 2.75) is 33.6 Å². The number of hydrogen-bond acceptors (Lipinski definition) is 3. The minimum absolute atomic E-state index is 0.00110. The minimum atomic E-state index is -0.405. The van der Waals surface area contributed by atoms with Gasteiger partial charge in [0.05, 0.1) is 12.7 Å². The van der Waals surface area contributed by atoms with Gasteiger partial charge in [-0.05, 0) is 37.5 Å². The second-order valence-electron chi connectivity index (χ2n) is 4.52. The van der Waals surface area contributed by atoms with E-state index in [4.69, 9.17) is 0 Å². The number of amides is 1. The molecule has 1 aromatic carbocycles. The molecule has 0 bridgehead atoms. The molecule has 0 atom stereocenters. The molecule has 0 saturated carbocycles. The lowest BCUT2D eigenvalue weighted by Crippen LogP contribution is -2.22. The maximum atomic E-state index is 12.1. The molecule has 1 rings (SSSR count). The maximum absolute atomic E-state index is 12.1. The molecule has 0 spiro atoms. The SMILES string of the molecule is CCC(CC)C(=O)Nc1cc(C(=O)OC)ccc1C. The number of anilines is 1. The Labute approximate surface area is 114 Å². The number of methoxy groups -OCH3 is 1. The van der Waals surface area contributed by atoms with Crippen molar-refractivity contribution >= 4 is 17.6 Å². The van der Waals surface area contributed by atoms with Crippen molar-refractivity contribution in [2.75, 3.05) is 12.4 Å². The molecule has 4 heteroatoms. The first kappa shape index (κ1) is 15.2. The van der Waals surface area contributed by atoms with Crippen molar-refractivity contribution in [3.8, 4) is 0 Å². The summed E-state index contributed by atoms with van der Waals surface area (Å²) in [5.74, 6) is -0.408. The molecule has 1 N–H and O–H groups in total. The number of benzene rings is 1. The third-order valence-electron chi connectivity index (χ3n) is 3.27. The zero-order chi connectivity index (χ0) is 14.4. The molecule has 0 fully saturated rings. The van der Waals surface area contributed by atoms with Crippen LogP contribution >= 0.6 is 0 Å². The predicted molar refractivity (Wildman–Crippen MR) is 75.2 cm³/mol. The Morgan fingerprint density at radius 3 is 2.42 bits per heavy atom. The van der Waals surface area contributed by atoms with Gasteiger partial charge in [-0.25, -0.2) is 4.79 Å². The summed E-state index contributed by atoms with van der Waals surface area (Å²) in [6, 6.07) is 5.14. The molecule has 4 nitrogen and oxygen atoms in total. The summed E-state index contributed by atoms with van der Waals surface area (Å²) in [4.78, 5) is 23.5. The van der Waals surface area contributed by atoms with E-state index in [-0.39, 0.29) is 11.8 Å². The number of ether oxygens (including phenoxy) is 1. The number of hydrogen-bond donors (Lipinski definition) is 1. The van der Waals surface area contributed by atoms with Gasteiger partial charge in [-0.15, -0.1) is 0 Å². The van der Waals surface area contributed by atoms with Crippen molar-refractivity contribution in [1.29, 1.82) is 0 Å². The summed E-state index contributed by atoms with van der Waals surface area (Å²) in [5, 5.41) is 2.88. The first-order valence-corrected chi connectivity index (χ1v) is 6.53. The molecule has 0 radical (unpaired) electrons. The van der Waals surface area contributed by atoms with Crippen molar-refractivity contribution in [3.63, 3.8) is 0 Å². The number of carbonyl (C=O) groups excluding carboxylic acids is 2. The molecule has 0 aliphatic heterocycles. The van der Waals surface area contributed by atoms with Crippen LogP contribution < -0.4 is 5.32 Å². The highest BCUT2D eigenvalue weighted by Crippen LogP contribution is 2.19.